The number of carbonyl (C=O) groups excluding carboxylic acids is 1. The number of benzene rings is 2. The molecular weight excluding hydrogens is 492 g/mol. The molecule has 0 spiro atoms. The van der Waals surface area contributed by atoms with E-state index in [4.69, 9.17) is 4.74 Å². The molecule has 0 atom stereocenters. The predicted octanol–water partition coefficient (Wildman–Crippen LogP) is 6.23. The number of nitrogens with zero attached hydrogens (tertiary/aromatic N) is 6. The molecular formula is C29H26N8O2. The Morgan fingerprint density at radius 1 is 1.00 bits per heavy atom. The van der Waals surface area contributed by atoms with Crippen LogP contribution in [0.3, 0.4) is 0 Å². The highest BCUT2D eigenvalue weighted by Crippen LogP contribution is 2.29. The molecule has 3 aromatic heterocycles. The number of pyridine rings is 1. The summed E-state index contributed by atoms with van der Waals surface area (Å²) in [6.07, 6.45) is 7.10. The molecule has 10 nitrogen and oxygen atoms in total. The second-order valence-electron chi connectivity index (χ2n) is 9.14. The standard InChI is InChI=1S/C29H26N8O2/c1-19(2)37-18-27(28(35-37)21-6-4-5-20(13-21)15-30)34-29(38)33-23-7-9-24(10-8-23)39-25-11-12-31-26(14-25)22-16-32-36(3)17-22/h4-14,16-19H,1-3H3,(H2,33,34,38). The summed E-state index contributed by atoms with van der Waals surface area (Å²) in [6.45, 7) is 4.00. The molecule has 0 bridgehead atoms. The fourth-order valence-electron chi connectivity index (χ4n) is 3.91. The third-order valence-corrected chi connectivity index (χ3v) is 5.85. The van der Waals surface area contributed by atoms with E-state index < -0.39 is 6.03 Å². The first-order valence-electron chi connectivity index (χ1n) is 12.3. The monoisotopic (exact) mass is 518 g/mol. The Morgan fingerprint density at radius 2 is 1.82 bits per heavy atom. The Kier molecular flexibility index (Phi) is 7.05. The van der Waals surface area contributed by atoms with Crippen LogP contribution in [0.25, 0.3) is 22.5 Å². The Balaban J connectivity index is 1.27. The van der Waals surface area contributed by atoms with Crippen molar-refractivity contribution >= 4 is 17.4 Å². The van der Waals surface area contributed by atoms with Crippen LogP contribution in [0.1, 0.15) is 25.5 Å². The zero-order valence-electron chi connectivity index (χ0n) is 21.7. The molecule has 0 saturated heterocycles. The molecule has 2 N–H and O–H groups in total. The van der Waals surface area contributed by atoms with Crippen LogP contribution in [0.4, 0.5) is 16.2 Å². The molecule has 0 aliphatic heterocycles. The third-order valence-electron chi connectivity index (χ3n) is 5.85. The van der Waals surface area contributed by atoms with Gasteiger partial charge in [0.25, 0.3) is 0 Å². The largest absolute Gasteiger partial charge is 0.457 e. The van der Waals surface area contributed by atoms with Gasteiger partial charge in [-0.15, -0.1) is 0 Å². The number of urea groups is 1. The molecule has 39 heavy (non-hydrogen) atoms. The number of anilines is 2. The maximum absolute atomic E-state index is 12.9. The minimum absolute atomic E-state index is 0.0925. The minimum Gasteiger partial charge on any atom is -0.457 e. The lowest BCUT2D eigenvalue weighted by atomic mass is 10.1. The van der Waals surface area contributed by atoms with Crippen molar-refractivity contribution < 1.29 is 9.53 Å². The molecule has 10 heteroatoms. The molecule has 2 aromatic carbocycles. The maximum atomic E-state index is 12.9. The van der Waals surface area contributed by atoms with E-state index in [1.54, 1.807) is 76.5 Å². The third kappa shape index (κ3) is 5.94. The van der Waals surface area contributed by atoms with E-state index in [0.717, 1.165) is 16.8 Å². The minimum atomic E-state index is -0.417. The Bertz CT molecular complexity index is 1660. The van der Waals surface area contributed by atoms with Gasteiger partial charge in [-0.2, -0.15) is 15.5 Å². The Morgan fingerprint density at radius 3 is 2.54 bits per heavy atom. The summed E-state index contributed by atoms with van der Waals surface area (Å²) in [6, 6.07) is 19.6. The lowest BCUT2D eigenvalue weighted by molar-refractivity contribution is 0.262. The van der Waals surface area contributed by atoms with Gasteiger partial charge in [0.05, 0.1) is 29.2 Å². The van der Waals surface area contributed by atoms with Gasteiger partial charge in [-0.3, -0.25) is 14.3 Å². The van der Waals surface area contributed by atoms with E-state index in [1.165, 1.54) is 0 Å². The summed E-state index contributed by atoms with van der Waals surface area (Å²) in [5, 5.41) is 23.8. The summed E-state index contributed by atoms with van der Waals surface area (Å²) in [4.78, 5) is 17.2. The van der Waals surface area contributed by atoms with E-state index in [-0.39, 0.29) is 6.04 Å². The van der Waals surface area contributed by atoms with Gasteiger partial charge >= 0.3 is 6.03 Å². The number of aryl methyl sites for hydroxylation is 1. The van der Waals surface area contributed by atoms with Gasteiger partial charge in [-0.1, -0.05) is 12.1 Å². The molecule has 0 fully saturated rings. The number of amides is 2. The number of rotatable bonds is 7. The quantitative estimate of drug-likeness (QED) is 0.263. The van der Waals surface area contributed by atoms with E-state index in [1.807, 2.05) is 39.2 Å². The Hall–Kier alpha value is -5.43. The van der Waals surface area contributed by atoms with Crippen molar-refractivity contribution in [3.63, 3.8) is 0 Å². The zero-order chi connectivity index (χ0) is 27.4. The van der Waals surface area contributed by atoms with E-state index >= 15 is 0 Å². The number of hydrogen-bond acceptors (Lipinski definition) is 6. The van der Waals surface area contributed by atoms with Crippen LogP contribution >= 0.6 is 0 Å². The number of nitrogens with one attached hydrogen (secondary N) is 2. The van der Waals surface area contributed by atoms with Crippen molar-refractivity contribution in [1.29, 1.82) is 5.26 Å². The lowest BCUT2D eigenvalue weighted by Gasteiger charge is -2.10. The number of hydrogen-bond donors (Lipinski definition) is 2. The summed E-state index contributed by atoms with van der Waals surface area (Å²) >= 11 is 0. The van der Waals surface area contributed by atoms with Crippen molar-refractivity contribution in [2.45, 2.75) is 19.9 Å². The summed E-state index contributed by atoms with van der Waals surface area (Å²) in [7, 11) is 1.85. The SMILES string of the molecule is CC(C)n1cc(NC(=O)Nc2ccc(Oc3ccnc(-c4cnn(C)c4)c3)cc2)c(-c2cccc(C#N)c2)n1. The molecule has 5 rings (SSSR count). The number of ether oxygens (including phenoxy) is 1. The fraction of sp³-hybridized carbons (Fsp3) is 0.138. The molecule has 0 aliphatic carbocycles. The molecule has 5 aromatic rings. The van der Waals surface area contributed by atoms with Gasteiger partial charge in [0, 0.05) is 54.6 Å². The first kappa shape index (κ1) is 25.2. The predicted molar refractivity (Wildman–Crippen MR) is 148 cm³/mol. The molecule has 0 radical (unpaired) electrons. The van der Waals surface area contributed by atoms with Crippen LogP contribution in [0.5, 0.6) is 11.5 Å². The smallest absolute Gasteiger partial charge is 0.323 e. The van der Waals surface area contributed by atoms with Gasteiger partial charge in [0.1, 0.15) is 17.2 Å². The number of nitriles is 1. The van der Waals surface area contributed by atoms with Crippen LogP contribution in [-0.2, 0) is 7.05 Å². The zero-order valence-corrected chi connectivity index (χ0v) is 21.7. The summed E-state index contributed by atoms with van der Waals surface area (Å²) in [5.74, 6) is 1.25. The summed E-state index contributed by atoms with van der Waals surface area (Å²) in [5.41, 5.74) is 4.64. The highest BCUT2D eigenvalue weighted by atomic mass is 16.5. The van der Waals surface area contributed by atoms with E-state index in [0.29, 0.717) is 34.1 Å². The van der Waals surface area contributed by atoms with Crippen molar-refractivity contribution in [3.05, 3.63) is 91.0 Å². The highest BCUT2D eigenvalue weighted by Gasteiger charge is 2.16. The normalized spacial score (nSPS) is 10.7. The van der Waals surface area contributed by atoms with E-state index in [9.17, 15) is 10.1 Å². The summed E-state index contributed by atoms with van der Waals surface area (Å²) < 4.78 is 9.47. The fourth-order valence-corrected chi connectivity index (χ4v) is 3.91. The van der Waals surface area contributed by atoms with Crippen molar-refractivity contribution in [2.24, 2.45) is 7.05 Å². The van der Waals surface area contributed by atoms with Gasteiger partial charge in [-0.25, -0.2) is 4.79 Å². The topological polar surface area (TPSA) is 123 Å². The van der Waals surface area contributed by atoms with E-state index in [2.05, 4.69) is 31.9 Å². The second-order valence-corrected chi connectivity index (χ2v) is 9.14. The first-order chi connectivity index (χ1) is 18.9. The van der Waals surface area contributed by atoms with Crippen molar-refractivity contribution in [3.8, 4) is 40.1 Å². The van der Waals surface area contributed by atoms with Crippen LogP contribution in [0.2, 0.25) is 0 Å². The first-order valence-corrected chi connectivity index (χ1v) is 12.3. The van der Waals surface area contributed by atoms with Gasteiger partial charge in [-0.05, 0) is 56.3 Å². The molecule has 3 heterocycles. The van der Waals surface area contributed by atoms with Crippen LogP contribution in [0, 0.1) is 11.3 Å². The molecule has 0 saturated carbocycles. The highest BCUT2D eigenvalue weighted by molar-refractivity contribution is 6.01. The maximum Gasteiger partial charge on any atom is 0.323 e. The number of aromatic nitrogens is 5. The van der Waals surface area contributed by atoms with Crippen LogP contribution < -0.4 is 15.4 Å². The molecule has 0 unspecified atom stereocenters. The van der Waals surface area contributed by atoms with Gasteiger partial charge in [0.15, 0.2) is 0 Å². The van der Waals surface area contributed by atoms with Crippen LogP contribution in [-0.4, -0.2) is 30.6 Å². The molecule has 2 amide bonds. The second kappa shape index (κ2) is 10.9. The lowest BCUT2D eigenvalue weighted by Crippen LogP contribution is -2.19. The van der Waals surface area contributed by atoms with Crippen molar-refractivity contribution in [1.82, 2.24) is 24.5 Å². The van der Waals surface area contributed by atoms with Gasteiger partial charge in [0.2, 0.25) is 0 Å². The molecule has 194 valence electrons. The van der Waals surface area contributed by atoms with Crippen molar-refractivity contribution in [2.75, 3.05) is 10.6 Å². The Labute approximate surface area is 225 Å². The molecule has 0 aliphatic rings. The number of carbonyl (C=O) groups is 1. The van der Waals surface area contributed by atoms with Gasteiger partial charge < -0.3 is 15.4 Å². The van der Waals surface area contributed by atoms with Crippen LogP contribution in [0.15, 0.2) is 85.5 Å². The average Bonchev–Trinajstić information content (AvgIpc) is 3.56. The average molecular weight is 519 g/mol.